The van der Waals surface area contributed by atoms with Gasteiger partial charge in [0.25, 0.3) is 0 Å². The summed E-state index contributed by atoms with van der Waals surface area (Å²) in [5.74, 6) is 0.0539. The van der Waals surface area contributed by atoms with Crippen LogP contribution in [0.25, 0.3) is 0 Å². The number of carbonyl (C=O) groups is 1. The zero-order valence-electron chi connectivity index (χ0n) is 13.6. The van der Waals surface area contributed by atoms with Crippen molar-refractivity contribution in [2.24, 2.45) is 5.41 Å². The lowest BCUT2D eigenvalue weighted by Gasteiger charge is -2.30. The fraction of sp³-hybridized carbons (Fsp3) is 0.611. The number of amides is 1. The molecule has 0 bridgehead atoms. The maximum absolute atomic E-state index is 12.7. The highest BCUT2D eigenvalue weighted by atomic mass is 16.5. The first kappa shape index (κ1) is 17.0. The Morgan fingerprint density at radius 3 is 2.55 bits per heavy atom. The van der Waals surface area contributed by atoms with Crippen molar-refractivity contribution < 1.29 is 14.6 Å². The molecule has 0 aliphatic heterocycles. The summed E-state index contributed by atoms with van der Waals surface area (Å²) >= 11 is 0. The largest absolute Gasteiger partial charge is 0.385 e. The molecule has 1 aliphatic carbocycles. The van der Waals surface area contributed by atoms with E-state index in [1.165, 1.54) is 0 Å². The third-order valence-electron chi connectivity index (χ3n) is 4.82. The topological polar surface area (TPSA) is 58.6 Å². The molecule has 1 saturated carbocycles. The van der Waals surface area contributed by atoms with E-state index < -0.39 is 5.60 Å². The van der Waals surface area contributed by atoms with Crippen LogP contribution in [0, 0.1) is 5.41 Å². The van der Waals surface area contributed by atoms with E-state index in [4.69, 9.17) is 4.74 Å². The van der Waals surface area contributed by atoms with Crippen molar-refractivity contribution in [1.82, 2.24) is 5.32 Å². The number of ether oxygens (including phenoxy) is 1. The number of hydrogen-bond acceptors (Lipinski definition) is 3. The summed E-state index contributed by atoms with van der Waals surface area (Å²) in [4.78, 5) is 12.7. The summed E-state index contributed by atoms with van der Waals surface area (Å²) < 4.78 is 5.16. The molecule has 0 spiro atoms. The van der Waals surface area contributed by atoms with Gasteiger partial charge in [0.1, 0.15) is 5.60 Å². The molecule has 0 saturated heterocycles. The van der Waals surface area contributed by atoms with Crippen LogP contribution in [0.2, 0.25) is 0 Å². The van der Waals surface area contributed by atoms with Gasteiger partial charge in [-0.25, -0.2) is 0 Å². The standard InChI is InChI=1S/C18H27NO3/c1-17(21,15-8-4-3-5-9-15)14-19-16(20)18(12-13-22-2)10-6-7-11-18/h3-5,8-9,21H,6-7,10-14H2,1-2H3,(H,19,20). The van der Waals surface area contributed by atoms with Crippen LogP contribution < -0.4 is 5.32 Å². The van der Waals surface area contributed by atoms with E-state index in [9.17, 15) is 9.90 Å². The van der Waals surface area contributed by atoms with Gasteiger partial charge in [-0.2, -0.15) is 0 Å². The van der Waals surface area contributed by atoms with Crippen molar-refractivity contribution in [2.45, 2.75) is 44.6 Å². The quantitative estimate of drug-likeness (QED) is 0.814. The zero-order chi connectivity index (χ0) is 16.1. The Bertz CT molecular complexity index is 478. The Balaban J connectivity index is 1.98. The molecule has 0 aromatic heterocycles. The molecule has 1 aliphatic rings. The summed E-state index contributed by atoms with van der Waals surface area (Å²) in [7, 11) is 1.67. The van der Waals surface area contributed by atoms with Gasteiger partial charge in [-0.1, -0.05) is 43.2 Å². The number of methoxy groups -OCH3 is 1. The fourth-order valence-corrected chi connectivity index (χ4v) is 3.28. The highest BCUT2D eigenvalue weighted by molar-refractivity contribution is 5.83. The molecule has 1 atom stereocenters. The van der Waals surface area contributed by atoms with Crippen LogP contribution >= 0.6 is 0 Å². The SMILES string of the molecule is COCCC1(C(=O)NCC(C)(O)c2ccccc2)CCCC1. The van der Waals surface area contributed by atoms with Crippen molar-refractivity contribution in [3.63, 3.8) is 0 Å². The molecule has 0 radical (unpaired) electrons. The molecule has 2 N–H and O–H groups in total. The minimum atomic E-state index is -1.06. The van der Waals surface area contributed by atoms with Crippen LogP contribution in [0.4, 0.5) is 0 Å². The molecule has 0 heterocycles. The Labute approximate surface area is 132 Å². The van der Waals surface area contributed by atoms with Crippen molar-refractivity contribution in [3.8, 4) is 0 Å². The van der Waals surface area contributed by atoms with E-state index in [0.717, 1.165) is 37.7 Å². The van der Waals surface area contributed by atoms with E-state index >= 15 is 0 Å². The first-order chi connectivity index (χ1) is 10.5. The molecule has 4 nitrogen and oxygen atoms in total. The summed E-state index contributed by atoms with van der Waals surface area (Å²) in [6, 6.07) is 9.45. The summed E-state index contributed by atoms with van der Waals surface area (Å²) in [6.07, 6.45) is 4.76. The third-order valence-corrected chi connectivity index (χ3v) is 4.82. The number of rotatable bonds is 7. The highest BCUT2D eigenvalue weighted by Crippen LogP contribution is 2.41. The monoisotopic (exact) mass is 305 g/mol. The Morgan fingerprint density at radius 1 is 1.32 bits per heavy atom. The molecule has 1 aromatic rings. The van der Waals surface area contributed by atoms with Crippen LogP contribution in [0.5, 0.6) is 0 Å². The van der Waals surface area contributed by atoms with Crippen molar-refractivity contribution in [3.05, 3.63) is 35.9 Å². The first-order valence-electron chi connectivity index (χ1n) is 8.05. The molecule has 2 rings (SSSR count). The lowest BCUT2D eigenvalue weighted by Crippen LogP contribution is -2.45. The van der Waals surface area contributed by atoms with Gasteiger partial charge in [0.15, 0.2) is 0 Å². The molecule has 1 unspecified atom stereocenters. The number of aliphatic hydroxyl groups is 1. The molecule has 4 heteroatoms. The molecular weight excluding hydrogens is 278 g/mol. The van der Waals surface area contributed by atoms with Gasteiger partial charge in [-0.3, -0.25) is 4.79 Å². The molecule has 1 aromatic carbocycles. The summed E-state index contributed by atoms with van der Waals surface area (Å²) in [6.45, 7) is 2.56. The second-order valence-corrected chi connectivity index (χ2v) is 6.55. The van der Waals surface area contributed by atoms with Gasteiger partial charge >= 0.3 is 0 Å². The molecular formula is C18H27NO3. The van der Waals surface area contributed by atoms with Gasteiger partial charge in [0.2, 0.25) is 5.91 Å². The van der Waals surface area contributed by atoms with Crippen LogP contribution in [0.15, 0.2) is 30.3 Å². The first-order valence-corrected chi connectivity index (χ1v) is 8.05. The Morgan fingerprint density at radius 2 is 1.95 bits per heavy atom. The van der Waals surface area contributed by atoms with Crippen LogP contribution in [-0.2, 0) is 15.1 Å². The maximum atomic E-state index is 12.7. The molecule has 1 amide bonds. The second kappa shape index (κ2) is 7.25. The minimum Gasteiger partial charge on any atom is -0.385 e. The van der Waals surface area contributed by atoms with E-state index in [1.807, 2.05) is 30.3 Å². The minimum absolute atomic E-state index is 0.0539. The molecule has 1 fully saturated rings. The van der Waals surface area contributed by atoms with Crippen LogP contribution in [0.1, 0.15) is 44.6 Å². The number of nitrogens with one attached hydrogen (secondary N) is 1. The van der Waals surface area contributed by atoms with Crippen LogP contribution in [0.3, 0.4) is 0 Å². The van der Waals surface area contributed by atoms with E-state index in [0.29, 0.717) is 6.61 Å². The lowest BCUT2D eigenvalue weighted by molar-refractivity contribution is -0.133. The summed E-state index contributed by atoms with van der Waals surface area (Å²) in [5.41, 5.74) is -0.562. The Hall–Kier alpha value is -1.39. The van der Waals surface area contributed by atoms with Crippen LogP contribution in [-0.4, -0.2) is 31.3 Å². The van der Waals surface area contributed by atoms with Crippen molar-refractivity contribution in [1.29, 1.82) is 0 Å². The Kier molecular flexibility index (Phi) is 5.59. The predicted molar refractivity (Wildman–Crippen MR) is 86.4 cm³/mol. The highest BCUT2D eigenvalue weighted by Gasteiger charge is 2.41. The lowest BCUT2D eigenvalue weighted by atomic mass is 9.81. The van der Waals surface area contributed by atoms with Gasteiger partial charge < -0.3 is 15.2 Å². The molecule has 122 valence electrons. The average Bonchev–Trinajstić information content (AvgIpc) is 3.02. The van der Waals surface area contributed by atoms with E-state index in [2.05, 4.69) is 5.32 Å². The number of carbonyl (C=O) groups excluding carboxylic acids is 1. The number of benzene rings is 1. The number of hydrogen-bond donors (Lipinski definition) is 2. The predicted octanol–water partition coefficient (Wildman–Crippen LogP) is 2.61. The van der Waals surface area contributed by atoms with Crippen molar-refractivity contribution >= 4 is 5.91 Å². The van der Waals surface area contributed by atoms with Gasteiger partial charge in [-0.15, -0.1) is 0 Å². The van der Waals surface area contributed by atoms with Gasteiger partial charge in [0.05, 0.1) is 12.0 Å². The van der Waals surface area contributed by atoms with Gasteiger partial charge in [0, 0.05) is 13.7 Å². The van der Waals surface area contributed by atoms with E-state index in [-0.39, 0.29) is 17.9 Å². The second-order valence-electron chi connectivity index (χ2n) is 6.55. The average molecular weight is 305 g/mol. The third kappa shape index (κ3) is 3.87. The summed E-state index contributed by atoms with van der Waals surface area (Å²) in [5, 5.41) is 13.6. The van der Waals surface area contributed by atoms with Crippen molar-refractivity contribution in [2.75, 3.05) is 20.3 Å². The van der Waals surface area contributed by atoms with Gasteiger partial charge in [-0.05, 0) is 31.7 Å². The molecule has 22 heavy (non-hydrogen) atoms. The van der Waals surface area contributed by atoms with E-state index in [1.54, 1.807) is 14.0 Å². The maximum Gasteiger partial charge on any atom is 0.226 e. The zero-order valence-corrected chi connectivity index (χ0v) is 13.6. The smallest absolute Gasteiger partial charge is 0.226 e. The fourth-order valence-electron chi connectivity index (χ4n) is 3.28. The normalized spacial score (nSPS) is 19.6.